The van der Waals surface area contributed by atoms with E-state index in [-0.39, 0.29) is 41.1 Å². The van der Waals surface area contributed by atoms with Crippen LogP contribution in [0.25, 0.3) is 0 Å². The molecule has 1 fully saturated rings. The molecule has 0 spiro atoms. The number of hydrogen-bond donors (Lipinski definition) is 1. The van der Waals surface area contributed by atoms with Gasteiger partial charge in [0.05, 0.1) is 27.6 Å². The number of nitrogens with one attached hydrogen (secondary N) is 1. The second-order valence-electron chi connectivity index (χ2n) is 8.12. The summed E-state index contributed by atoms with van der Waals surface area (Å²) in [4.78, 5) is 41.9. The minimum Gasteiger partial charge on any atom is -0.325 e. The standard InChI is InChI=1S/C23H25N3O5S/c1-3-32(30,31)19-11-7-5-9-17(19)24-20(27)13-15-25-22(29)16-8-4-6-10-18(16)26-21(28)12-14-23(25,26)2/h4-11H,3,12-15H2,1-2H3,(H,24,27). The molecule has 168 valence electrons. The number of sulfone groups is 1. The molecule has 32 heavy (non-hydrogen) atoms. The van der Waals surface area contributed by atoms with Gasteiger partial charge in [0.2, 0.25) is 11.8 Å². The van der Waals surface area contributed by atoms with Crippen molar-refractivity contribution in [2.45, 2.75) is 43.7 Å². The molecule has 1 atom stereocenters. The Kier molecular flexibility index (Phi) is 5.54. The summed E-state index contributed by atoms with van der Waals surface area (Å²) in [5.41, 5.74) is 0.409. The van der Waals surface area contributed by atoms with Crippen LogP contribution in [-0.4, -0.2) is 49.0 Å². The van der Waals surface area contributed by atoms with Crippen molar-refractivity contribution < 1.29 is 22.8 Å². The van der Waals surface area contributed by atoms with E-state index in [4.69, 9.17) is 0 Å². The number of nitrogens with zero attached hydrogens (tertiary/aromatic N) is 2. The largest absolute Gasteiger partial charge is 0.325 e. The Morgan fingerprint density at radius 3 is 2.53 bits per heavy atom. The number of amides is 3. The number of carbonyl (C=O) groups excluding carboxylic acids is 3. The van der Waals surface area contributed by atoms with Crippen LogP contribution in [0.15, 0.2) is 53.4 Å². The fourth-order valence-corrected chi connectivity index (χ4v) is 5.52. The molecule has 1 unspecified atom stereocenters. The third-order valence-electron chi connectivity index (χ3n) is 6.18. The highest BCUT2D eigenvalue weighted by Crippen LogP contribution is 2.44. The predicted molar refractivity (Wildman–Crippen MR) is 120 cm³/mol. The summed E-state index contributed by atoms with van der Waals surface area (Å²) in [6.07, 6.45) is 0.764. The smallest absolute Gasteiger partial charge is 0.257 e. The Balaban J connectivity index is 1.55. The molecule has 0 bridgehead atoms. The van der Waals surface area contributed by atoms with Gasteiger partial charge >= 0.3 is 0 Å². The molecule has 4 rings (SSSR count). The SMILES string of the molecule is CCS(=O)(=O)c1ccccc1NC(=O)CCN1C(=O)c2ccccc2N2C(=O)CCC12C. The molecule has 9 heteroatoms. The van der Waals surface area contributed by atoms with Crippen LogP contribution in [0.4, 0.5) is 11.4 Å². The first-order valence-electron chi connectivity index (χ1n) is 10.5. The number of para-hydroxylation sites is 2. The minimum absolute atomic E-state index is 0.0357. The highest BCUT2D eigenvalue weighted by atomic mass is 32.2. The topological polar surface area (TPSA) is 104 Å². The summed E-state index contributed by atoms with van der Waals surface area (Å²) in [6, 6.07) is 13.3. The van der Waals surface area contributed by atoms with Crippen LogP contribution in [0.5, 0.6) is 0 Å². The second-order valence-corrected chi connectivity index (χ2v) is 10.4. The normalized spacial score (nSPS) is 20.2. The molecular formula is C23H25N3O5S. The van der Waals surface area contributed by atoms with Crippen LogP contribution >= 0.6 is 0 Å². The van der Waals surface area contributed by atoms with E-state index in [1.165, 1.54) is 6.07 Å². The summed E-state index contributed by atoms with van der Waals surface area (Å²) in [5.74, 6) is -0.768. The zero-order valence-electron chi connectivity index (χ0n) is 18.0. The number of carbonyl (C=O) groups is 3. The fraction of sp³-hybridized carbons (Fsp3) is 0.348. The first kappa shape index (κ1) is 22.0. The molecule has 8 nitrogen and oxygen atoms in total. The van der Waals surface area contributed by atoms with Gasteiger partial charge in [-0.2, -0.15) is 0 Å². The lowest BCUT2D eigenvalue weighted by Crippen LogP contribution is -2.62. The zero-order chi connectivity index (χ0) is 23.1. The van der Waals surface area contributed by atoms with E-state index in [0.717, 1.165) is 0 Å². The number of anilines is 2. The van der Waals surface area contributed by atoms with Crippen molar-refractivity contribution in [3.8, 4) is 0 Å². The van der Waals surface area contributed by atoms with Crippen molar-refractivity contribution >= 4 is 38.9 Å². The molecule has 2 aromatic carbocycles. The highest BCUT2D eigenvalue weighted by molar-refractivity contribution is 7.91. The molecule has 2 aromatic rings. The zero-order valence-corrected chi connectivity index (χ0v) is 18.8. The average Bonchev–Trinajstić information content (AvgIpc) is 3.09. The number of rotatable bonds is 6. The van der Waals surface area contributed by atoms with Gasteiger partial charge in [-0.15, -0.1) is 0 Å². The van der Waals surface area contributed by atoms with Crippen LogP contribution in [0.1, 0.15) is 43.5 Å². The number of benzene rings is 2. The third-order valence-corrected chi connectivity index (χ3v) is 7.97. The maximum Gasteiger partial charge on any atom is 0.257 e. The van der Waals surface area contributed by atoms with Crippen molar-refractivity contribution in [2.75, 3.05) is 22.5 Å². The molecule has 0 aromatic heterocycles. The first-order chi connectivity index (χ1) is 15.2. The van der Waals surface area contributed by atoms with Gasteiger partial charge < -0.3 is 10.2 Å². The summed E-state index contributed by atoms with van der Waals surface area (Å²) >= 11 is 0. The van der Waals surface area contributed by atoms with Gasteiger partial charge in [-0.25, -0.2) is 8.42 Å². The Morgan fingerprint density at radius 1 is 1.09 bits per heavy atom. The molecule has 0 aliphatic carbocycles. The lowest BCUT2D eigenvalue weighted by Gasteiger charge is -2.48. The van der Waals surface area contributed by atoms with Crippen LogP contribution < -0.4 is 10.2 Å². The highest BCUT2D eigenvalue weighted by Gasteiger charge is 2.52. The van der Waals surface area contributed by atoms with Crippen molar-refractivity contribution in [1.29, 1.82) is 0 Å². The van der Waals surface area contributed by atoms with Gasteiger partial charge in [0.25, 0.3) is 5.91 Å². The van der Waals surface area contributed by atoms with Gasteiger partial charge in [-0.05, 0) is 37.6 Å². The van der Waals surface area contributed by atoms with Gasteiger partial charge in [-0.3, -0.25) is 19.3 Å². The molecule has 3 amide bonds. The van der Waals surface area contributed by atoms with Crippen LogP contribution in [0, 0.1) is 0 Å². The molecular weight excluding hydrogens is 430 g/mol. The first-order valence-corrected chi connectivity index (χ1v) is 12.2. The van der Waals surface area contributed by atoms with E-state index in [9.17, 15) is 22.8 Å². The van der Waals surface area contributed by atoms with Crippen LogP contribution in [0.3, 0.4) is 0 Å². The third kappa shape index (κ3) is 3.56. The van der Waals surface area contributed by atoms with Gasteiger partial charge in [0, 0.05) is 19.4 Å². The van der Waals surface area contributed by atoms with E-state index < -0.39 is 21.4 Å². The minimum atomic E-state index is -3.50. The quantitative estimate of drug-likeness (QED) is 0.721. The summed E-state index contributed by atoms with van der Waals surface area (Å²) in [7, 11) is -3.50. The molecule has 0 saturated carbocycles. The Morgan fingerprint density at radius 2 is 1.78 bits per heavy atom. The summed E-state index contributed by atoms with van der Waals surface area (Å²) in [5, 5.41) is 2.67. The monoisotopic (exact) mass is 455 g/mol. The van der Waals surface area contributed by atoms with Crippen molar-refractivity contribution in [2.24, 2.45) is 0 Å². The lowest BCUT2D eigenvalue weighted by atomic mass is 9.98. The average molecular weight is 456 g/mol. The molecule has 1 saturated heterocycles. The fourth-order valence-electron chi connectivity index (χ4n) is 4.46. The molecule has 2 aliphatic rings. The number of hydrogen-bond acceptors (Lipinski definition) is 5. The van der Waals surface area contributed by atoms with E-state index in [1.54, 1.807) is 59.2 Å². The summed E-state index contributed by atoms with van der Waals surface area (Å²) < 4.78 is 24.6. The molecule has 2 aliphatic heterocycles. The lowest BCUT2D eigenvalue weighted by molar-refractivity contribution is -0.117. The van der Waals surface area contributed by atoms with Crippen LogP contribution in [-0.2, 0) is 19.4 Å². The summed E-state index contributed by atoms with van der Waals surface area (Å²) in [6.45, 7) is 3.48. The van der Waals surface area contributed by atoms with E-state index in [1.807, 2.05) is 6.92 Å². The maximum absolute atomic E-state index is 13.2. The van der Waals surface area contributed by atoms with Crippen molar-refractivity contribution in [3.05, 3.63) is 54.1 Å². The maximum atomic E-state index is 13.2. The van der Waals surface area contributed by atoms with E-state index in [0.29, 0.717) is 24.1 Å². The van der Waals surface area contributed by atoms with Gasteiger partial charge in [0.1, 0.15) is 5.66 Å². The molecule has 0 radical (unpaired) electrons. The Hall–Kier alpha value is -3.20. The van der Waals surface area contributed by atoms with E-state index >= 15 is 0 Å². The number of fused-ring (bicyclic) bond motifs is 3. The van der Waals surface area contributed by atoms with E-state index in [2.05, 4.69) is 5.32 Å². The Labute approximate surface area is 187 Å². The van der Waals surface area contributed by atoms with Crippen molar-refractivity contribution in [1.82, 2.24) is 4.90 Å². The Bertz CT molecular complexity index is 1210. The molecule has 2 heterocycles. The predicted octanol–water partition coefficient (Wildman–Crippen LogP) is 2.81. The second kappa shape index (κ2) is 8.05. The molecule has 1 N–H and O–H groups in total. The van der Waals surface area contributed by atoms with Crippen molar-refractivity contribution in [3.63, 3.8) is 0 Å². The van der Waals surface area contributed by atoms with Crippen LogP contribution in [0.2, 0.25) is 0 Å². The van der Waals surface area contributed by atoms with Gasteiger partial charge in [0.15, 0.2) is 9.84 Å². The van der Waals surface area contributed by atoms with Gasteiger partial charge in [-0.1, -0.05) is 31.2 Å².